The van der Waals surface area contributed by atoms with Crippen molar-refractivity contribution in [2.45, 2.75) is 0 Å². The second-order valence-corrected chi connectivity index (χ2v) is 4.54. The Labute approximate surface area is 127 Å². The molecular weight excluding hydrogens is 296 g/mol. The highest BCUT2D eigenvalue weighted by atomic mass is 35.5. The number of nitrogens with zero attached hydrogens (tertiary/aromatic N) is 2. The molecule has 1 aromatic carbocycles. The smallest absolute Gasteiger partial charge is 0.320 e. The molecule has 6 nitrogen and oxygen atoms in total. The van der Waals surface area contributed by atoms with E-state index in [1.165, 1.54) is 0 Å². The zero-order chi connectivity index (χ0) is 15.1. The first kappa shape index (κ1) is 15.8. The van der Waals surface area contributed by atoms with E-state index < -0.39 is 0 Å². The second-order valence-electron chi connectivity index (χ2n) is 4.13. The van der Waals surface area contributed by atoms with Gasteiger partial charge in [-0.2, -0.15) is 9.97 Å². The van der Waals surface area contributed by atoms with E-state index in [1.807, 2.05) is 12.1 Å². The largest absolute Gasteiger partial charge is 0.475 e. The maximum atomic E-state index is 6.20. The van der Waals surface area contributed by atoms with Gasteiger partial charge >= 0.3 is 6.01 Å². The molecule has 0 atom stereocenters. The predicted octanol–water partition coefficient (Wildman–Crippen LogP) is 2.33. The number of rotatable bonds is 8. The van der Waals surface area contributed by atoms with E-state index in [0.717, 1.165) is 0 Å². The fraction of sp³-hybridized carbons (Fsp3) is 0.429. The van der Waals surface area contributed by atoms with Crippen molar-refractivity contribution in [3.63, 3.8) is 0 Å². The molecule has 1 aromatic heterocycles. The van der Waals surface area contributed by atoms with Gasteiger partial charge < -0.3 is 18.9 Å². The van der Waals surface area contributed by atoms with Crippen LogP contribution >= 0.6 is 11.6 Å². The van der Waals surface area contributed by atoms with Gasteiger partial charge in [0.15, 0.2) is 0 Å². The fourth-order valence-electron chi connectivity index (χ4n) is 1.70. The van der Waals surface area contributed by atoms with Crippen LogP contribution in [0.3, 0.4) is 0 Å². The van der Waals surface area contributed by atoms with Gasteiger partial charge in [-0.1, -0.05) is 17.7 Å². The molecule has 0 aliphatic rings. The predicted molar refractivity (Wildman–Crippen MR) is 79.3 cm³/mol. The second kappa shape index (κ2) is 7.97. The molecule has 1 heterocycles. The van der Waals surface area contributed by atoms with Crippen molar-refractivity contribution in [3.8, 4) is 11.9 Å². The third-order valence-corrected chi connectivity index (χ3v) is 2.98. The molecule has 0 N–H and O–H groups in total. The lowest BCUT2D eigenvalue weighted by Crippen LogP contribution is -2.10. The number of fused-ring (bicyclic) bond motifs is 1. The van der Waals surface area contributed by atoms with E-state index in [0.29, 0.717) is 48.2 Å². The molecule has 21 heavy (non-hydrogen) atoms. The summed E-state index contributed by atoms with van der Waals surface area (Å²) in [5.41, 5.74) is 0.664. The average Bonchev–Trinajstić information content (AvgIpc) is 2.48. The number of hydrogen-bond donors (Lipinski definition) is 0. The molecule has 0 aliphatic carbocycles. The van der Waals surface area contributed by atoms with Gasteiger partial charge in [0.05, 0.1) is 29.1 Å². The Morgan fingerprint density at radius 2 is 1.67 bits per heavy atom. The molecule has 0 bridgehead atoms. The summed E-state index contributed by atoms with van der Waals surface area (Å²) in [4.78, 5) is 8.57. The first-order valence-electron chi connectivity index (χ1n) is 6.46. The zero-order valence-corrected chi connectivity index (χ0v) is 12.7. The van der Waals surface area contributed by atoms with Gasteiger partial charge in [-0.05, 0) is 12.1 Å². The van der Waals surface area contributed by atoms with Gasteiger partial charge in [0.25, 0.3) is 0 Å². The quantitative estimate of drug-likeness (QED) is 0.697. The summed E-state index contributed by atoms with van der Waals surface area (Å²) in [6.45, 7) is 1.64. The van der Waals surface area contributed by atoms with Crippen molar-refractivity contribution in [3.05, 3.63) is 23.2 Å². The van der Waals surface area contributed by atoms with E-state index in [-0.39, 0.29) is 6.01 Å². The molecule has 7 heteroatoms. The molecule has 0 unspecified atom stereocenters. The maximum Gasteiger partial charge on any atom is 0.320 e. The number of hydrogen-bond acceptors (Lipinski definition) is 6. The fourth-order valence-corrected chi connectivity index (χ4v) is 1.95. The number of halogens is 1. The third-order valence-electron chi connectivity index (χ3n) is 2.66. The maximum absolute atomic E-state index is 6.20. The van der Waals surface area contributed by atoms with Gasteiger partial charge in [-0.25, -0.2) is 0 Å². The van der Waals surface area contributed by atoms with E-state index >= 15 is 0 Å². The molecule has 0 spiro atoms. The summed E-state index contributed by atoms with van der Waals surface area (Å²) in [5, 5.41) is 1.19. The van der Waals surface area contributed by atoms with Crippen LogP contribution in [0, 0.1) is 0 Å². The highest BCUT2D eigenvalue weighted by Crippen LogP contribution is 2.31. The van der Waals surface area contributed by atoms with E-state index in [1.54, 1.807) is 20.3 Å². The summed E-state index contributed by atoms with van der Waals surface area (Å²) in [6.07, 6.45) is 0. The molecule has 0 fully saturated rings. The Kier molecular flexibility index (Phi) is 5.98. The van der Waals surface area contributed by atoms with Crippen molar-refractivity contribution in [1.82, 2.24) is 9.97 Å². The van der Waals surface area contributed by atoms with Gasteiger partial charge in [0.1, 0.15) is 13.2 Å². The molecule has 0 saturated heterocycles. The van der Waals surface area contributed by atoms with Crippen LogP contribution in [0.2, 0.25) is 5.02 Å². The first-order chi connectivity index (χ1) is 10.3. The zero-order valence-electron chi connectivity index (χ0n) is 12.0. The van der Waals surface area contributed by atoms with Crippen LogP contribution in [0.25, 0.3) is 10.9 Å². The molecular formula is C14H17ClN2O4. The minimum atomic E-state index is 0.231. The molecule has 2 aromatic rings. The van der Waals surface area contributed by atoms with E-state index in [9.17, 15) is 0 Å². The highest BCUT2D eigenvalue weighted by Gasteiger charge is 2.13. The summed E-state index contributed by atoms with van der Waals surface area (Å²) in [7, 11) is 3.21. The number of aromatic nitrogens is 2. The number of ether oxygens (including phenoxy) is 4. The molecule has 2 rings (SSSR count). The normalized spacial score (nSPS) is 10.8. The molecule has 0 amide bonds. The van der Waals surface area contributed by atoms with Gasteiger partial charge in [-0.15, -0.1) is 0 Å². The third kappa shape index (κ3) is 4.17. The van der Waals surface area contributed by atoms with Crippen LogP contribution in [0.4, 0.5) is 0 Å². The van der Waals surface area contributed by atoms with Crippen LogP contribution in [0.1, 0.15) is 0 Å². The minimum Gasteiger partial charge on any atom is -0.475 e. The standard InChI is InChI=1S/C14H17ClN2O4/c1-18-6-8-20-13-12-10(15)4-3-5-11(12)16-14(17-13)21-9-7-19-2/h3-5H,6-9H2,1-2H3. The van der Waals surface area contributed by atoms with Crippen molar-refractivity contribution in [2.75, 3.05) is 40.6 Å². The molecule has 0 saturated carbocycles. The van der Waals surface area contributed by atoms with Crippen LogP contribution in [-0.4, -0.2) is 50.6 Å². The van der Waals surface area contributed by atoms with Gasteiger partial charge in [0.2, 0.25) is 5.88 Å². The monoisotopic (exact) mass is 312 g/mol. The SMILES string of the molecule is COCCOc1nc(OCCOC)c2c(Cl)cccc2n1. The molecule has 114 valence electrons. The Morgan fingerprint density at radius 3 is 2.38 bits per heavy atom. The first-order valence-corrected chi connectivity index (χ1v) is 6.83. The topological polar surface area (TPSA) is 62.7 Å². The van der Waals surface area contributed by atoms with Crippen molar-refractivity contribution >= 4 is 22.5 Å². The Morgan fingerprint density at radius 1 is 0.952 bits per heavy atom. The number of methoxy groups -OCH3 is 2. The average molecular weight is 313 g/mol. The lowest BCUT2D eigenvalue weighted by molar-refractivity contribution is 0.135. The summed E-state index contributed by atoms with van der Waals surface area (Å²) < 4.78 is 21.0. The number of benzene rings is 1. The van der Waals surface area contributed by atoms with Gasteiger partial charge in [-0.3, -0.25) is 0 Å². The van der Waals surface area contributed by atoms with Crippen LogP contribution < -0.4 is 9.47 Å². The summed E-state index contributed by atoms with van der Waals surface area (Å²) >= 11 is 6.20. The summed E-state index contributed by atoms with van der Waals surface area (Å²) in [6, 6.07) is 5.64. The molecule has 0 aliphatic heterocycles. The Balaban J connectivity index is 2.30. The summed E-state index contributed by atoms with van der Waals surface area (Å²) in [5.74, 6) is 0.384. The van der Waals surface area contributed by atoms with Crippen LogP contribution in [0.5, 0.6) is 11.9 Å². The van der Waals surface area contributed by atoms with Crippen LogP contribution in [0.15, 0.2) is 18.2 Å². The highest BCUT2D eigenvalue weighted by molar-refractivity contribution is 6.35. The lowest BCUT2D eigenvalue weighted by Gasteiger charge is -2.11. The van der Waals surface area contributed by atoms with Crippen molar-refractivity contribution in [1.29, 1.82) is 0 Å². The molecule has 0 radical (unpaired) electrons. The van der Waals surface area contributed by atoms with E-state index in [4.69, 9.17) is 30.5 Å². The van der Waals surface area contributed by atoms with Crippen LogP contribution in [-0.2, 0) is 9.47 Å². The van der Waals surface area contributed by atoms with Crippen molar-refractivity contribution in [2.24, 2.45) is 0 Å². The Bertz CT molecular complexity index is 594. The van der Waals surface area contributed by atoms with Gasteiger partial charge in [0, 0.05) is 14.2 Å². The van der Waals surface area contributed by atoms with Crippen molar-refractivity contribution < 1.29 is 18.9 Å². The Hall–Kier alpha value is -1.63. The minimum absolute atomic E-state index is 0.231. The lowest BCUT2D eigenvalue weighted by atomic mass is 10.2. The van der Waals surface area contributed by atoms with E-state index in [2.05, 4.69) is 9.97 Å².